The molecule has 0 saturated carbocycles. The van der Waals surface area contributed by atoms with Crippen LogP contribution in [0.15, 0.2) is 36.5 Å². The van der Waals surface area contributed by atoms with Crippen LogP contribution in [-0.2, 0) is 4.74 Å². The van der Waals surface area contributed by atoms with Crippen LogP contribution in [-0.4, -0.2) is 22.7 Å². The molecule has 0 aliphatic rings. The Kier molecular flexibility index (Phi) is 3.96. The number of nitrogens with zero attached hydrogens (tertiary/aromatic N) is 2. The molecule has 0 fully saturated rings. The van der Waals surface area contributed by atoms with Gasteiger partial charge < -0.3 is 9.84 Å². The summed E-state index contributed by atoms with van der Waals surface area (Å²) in [5.41, 5.74) is 1.44. The van der Waals surface area contributed by atoms with Gasteiger partial charge in [-0.2, -0.15) is 5.26 Å². The van der Waals surface area contributed by atoms with Crippen LogP contribution in [0.4, 0.5) is 0 Å². The van der Waals surface area contributed by atoms with E-state index in [1.165, 1.54) is 12.1 Å². The number of benzene rings is 1. The zero-order chi connectivity index (χ0) is 14.5. The van der Waals surface area contributed by atoms with Gasteiger partial charge in [0.05, 0.1) is 23.4 Å². The number of carbonyl (C=O) groups excluding carboxylic acids is 1. The number of esters is 1. The van der Waals surface area contributed by atoms with Crippen molar-refractivity contribution in [3.8, 4) is 23.1 Å². The minimum Gasteiger partial charge on any atom is -0.507 e. The molecule has 0 radical (unpaired) electrons. The molecule has 1 aromatic heterocycles. The summed E-state index contributed by atoms with van der Waals surface area (Å²) in [6, 6.07) is 9.62. The van der Waals surface area contributed by atoms with Gasteiger partial charge in [-0.1, -0.05) is 0 Å². The van der Waals surface area contributed by atoms with E-state index in [2.05, 4.69) is 4.98 Å². The summed E-state index contributed by atoms with van der Waals surface area (Å²) in [6.45, 7) is 1.99. The van der Waals surface area contributed by atoms with E-state index in [-0.39, 0.29) is 17.9 Å². The number of carbonyl (C=O) groups is 1. The molecule has 20 heavy (non-hydrogen) atoms. The second-order valence-electron chi connectivity index (χ2n) is 3.96. The van der Waals surface area contributed by atoms with Crippen molar-refractivity contribution < 1.29 is 14.6 Å². The molecule has 0 aliphatic heterocycles. The van der Waals surface area contributed by atoms with E-state index in [1.54, 1.807) is 31.3 Å². The Morgan fingerprint density at radius 3 is 2.95 bits per heavy atom. The third-order valence-electron chi connectivity index (χ3n) is 2.69. The minimum atomic E-state index is -0.470. The number of pyridine rings is 1. The average molecular weight is 268 g/mol. The molecule has 0 bridgehead atoms. The van der Waals surface area contributed by atoms with E-state index < -0.39 is 5.97 Å². The highest BCUT2D eigenvalue weighted by molar-refractivity contribution is 5.96. The molecule has 0 aliphatic carbocycles. The summed E-state index contributed by atoms with van der Waals surface area (Å²) in [5.74, 6) is -0.577. The minimum absolute atomic E-state index is 0.107. The Balaban J connectivity index is 2.53. The number of ether oxygens (including phenoxy) is 1. The maximum atomic E-state index is 11.9. The van der Waals surface area contributed by atoms with Gasteiger partial charge in [0.25, 0.3) is 0 Å². The van der Waals surface area contributed by atoms with Gasteiger partial charge in [-0.05, 0) is 37.3 Å². The van der Waals surface area contributed by atoms with Crippen LogP contribution in [0.2, 0.25) is 0 Å². The molecule has 0 amide bonds. The third-order valence-corrected chi connectivity index (χ3v) is 2.69. The van der Waals surface area contributed by atoms with E-state index >= 15 is 0 Å². The molecule has 0 atom stereocenters. The zero-order valence-electron chi connectivity index (χ0n) is 10.8. The van der Waals surface area contributed by atoms with Crippen molar-refractivity contribution in [3.63, 3.8) is 0 Å². The quantitative estimate of drug-likeness (QED) is 0.865. The zero-order valence-corrected chi connectivity index (χ0v) is 10.8. The summed E-state index contributed by atoms with van der Waals surface area (Å²) >= 11 is 0. The Morgan fingerprint density at radius 2 is 2.25 bits per heavy atom. The van der Waals surface area contributed by atoms with Crippen LogP contribution in [0.1, 0.15) is 22.8 Å². The van der Waals surface area contributed by atoms with Crippen LogP contribution in [0, 0.1) is 11.3 Å². The van der Waals surface area contributed by atoms with E-state index in [0.29, 0.717) is 16.8 Å². The monoisotopic (exact) mass is 268 g/mol. The molecule has 0 spiro atoms. The number of phenols is 1. The van der Waals surface area contributed by atoms with Crippen molar-refractivity contribution in [2.45, 2.75) is 6.92 Å². The summed E-state index contributed by atoms with van der Waals surface area (Å²) in [5, 5.41) is 18.4. The lowest BCUT2D eigenvalue weighted by Gasteiger charge is -2.08. The number of nitriles is 1. The van der Waals surface area contributed by atoms with Crippen molar-refractivity contribution in [1.82, 2.24) is 4.98 Å². The number of aromatic nitrogens is 1. The lowest BCUT2D eigenvalue weighted by molar-refractivity contribution is 0.0527. The van der Waals surface area contributed by atoms with E-state index in [4.69, 9.17) is 10.00 Å². The summed E-state index contributed by atoms with van der Waals surface area (Å²) in [6.07, 6.45) is 1.55. The molecule has 1 N–H and O–H groups in total. The first-order chi connectivity index (χ1) is 9.67. The Bertz CT molecular complexity index is 690. The Labute approximate surface area is 116 Å². The predicted molar refractivity (Wildman–Crippen MR) is 72.0 cm³/mol. The largest absolute Gasteiger partial charge is 0.507 e. The second-order valence-corrected chi connectivity index (χ2v) is 3.96. The summed E-state index contributed by atoms with van der Waals surface area (Å²) in [7, 11) is 0. The fourth-order valence-electron chi connectivity index (χ4n) is 1.78. The molecule has 0 saturated heterocycles. The van der Waals surface area contributed by atoms with Gasteiger partial charge in [-0.15, -0.1) is 0 Å². The van der Waals surface area contributed by atoms with E-state index in [0.717, 1.165) is 0 Å². The van der Waals surface area contributed by atoms with Gasteiger partial charge in [0, 0.05) is 11.8 Å². The highest BCUT2D eigenvalue weighted by atomic mass is 16.5. The van der Waals surface area contributed by atoms with Crippen molar-refractivity contribution >= 4 is 5.97 Å². The van der Waals surface area contributed by atoms with Gasteiger partial charge in [0.2, 0.25) is 0 Å². The highest BCUT2D eigenvalue weighted by Gasteiger charge is 2.15. The fourth-order valence-corrected chi connectivity index (χ4v) is 1.78. The molecule has 5 heteroatoms. The Morgan fingerprint density at radius 1 is 1.45 bits per heavy atom. The molecular formula is C15H12N2O3. The maximum Gasteiger partial charge on any atom is 0.340 e. The number of phenolic OH excluding ortho intramolecular Hbond substituents is 1. The van der Waals surface area contributed by atoms with Crippen LogP contribution in [0.3, 0.4) is 0 Å². The molecule has 2 aromatic rings. The van der Waals surface area contributed by atoms with E-state index in [1.807, 2.05) is 6.07 Å². The number of rotatable bonds is 3. The van der Waals surface area contributed by atoms with Crippen molar-refractivity contribution in [2.24, 2.45) is 0 Å². The van der Waals surface area contributed by atoms with Gasteiger partial charge in [0.15, 0.2) is 0 Å². The van der Waals surface area contributed by atoms with Gasteiger partial charge in [0.1, 0.15) is 11.8 Å². The highest BCUT2D eigenvalue weighted by Crippen LogP contribution is 2.26. The van der Waals surface area contributed by atoms with E-state index in [9.17, 15) is 9.90 Å². The molecular weight excluding hydrogens is 256 g/mol. The third kappa shape index (κ3) is 2.59. The first-order valence-electron chi connectivity index (χ1n) is 6.03. The van der Waals surface area contributed by atoms with Crippen molar-refractivity contribution in [2.75, 3.05) is 6.61 Å². The number of aromatic hydroxyl groups is 1. The lowest BCUT2D eigenvalue weighted by atomic mass is 10.0. The van der Waals surface area contributed by atoms with Gasteiger partial charge >= 0.3 is 5.97 Å². The van der Waals surface area contributed by atoms with Crippen molar-refractivity contribution in [3.05, 3.63) is 47.7 Å². The van der Waals surface area contributed by atoms with Crippen LogP contribution < -0.4 is 0 Å². The van der Waals surface area contributed by atoms with Gasteiger partial charge in [-0.25, -0.2) is 4.79 Å². The predicted octanol–water partition coefficient (Wildman–Crippen LogP) is 2.50. The molecule has 0 unspecified atom stereocenters. The molecule has 100 valence electrons. The van der Waals surface area contributed by atoms with Crippen LogP contribution >= 0.6 is 0 Å². The molecule has 1 aromatic carbocycles. The number of hydrogen-bond donors (Lipinski definition) is 1. The molecule has 2 rings (SSSR count). The van der Waals surface area contributed by atoms with Gasteiger partial charge in [-0.3, -0.25) is 4.98 Å². The fraction of sp³-hybridized carbons (Fsp3) is 0.133. The maximum absolute atomic E-state index is 11.9. The van der Waals surface area contributed by atoms with Crippen LogP contribution in [0.25, 0.3) is 11.3 Å². The topological polar surface area (TPSA) is 83.2 Å². The first kappa shape index (κ1) is 13.6. The SMILES string of the molecule is CCOC(=O)c1cccnc1-c1ccc(O)c(C#N)c1. The first-order valence-corrected chi connectivity index (χ1v) is 6.03. The smallest absolute Gasteiger partial charge is 0.340 e. The summed E-state index contributed by atoms with van der Waals surface area (Å²) < 4.78 is 4.98. The standard InChI is InChI=1S/C15H12N2O3/c1-2-20-15(19)12-4-3-7-17-14(12)10-5-6-13(18)11(8-10)9-16/h3-8,18H,2H2,1H3. The lowest BCUT2D eigenvalue weighted by Crippen LogP contribution is -2.07. The van der Waals surface area contributed by atoms with Crippen molar-refractivity contribution in [1.29, 1.82) is 5.26 Å². The van der Waals surface area contributed by atoms with Crippen LogP contribution in [0.5, 0.6) is 5.75 Å². The molecule has 1 heterocycles. The second kappa shape index (κ2) is 5.85. The Hall–Kier alpha value is -2.87. The summed E-state index contributed by atoms with van der Waals surface area (Å²) in [4.78, 5) is 16.0. The normalized spacial score (nSPS) is 9.80. The average Bonchev–Trinajstić information content (AvgIpc) is 2.48. The molecule has 5 nitrogen and oxygen atoms in total. The number of hydrogen-bond acceptors (Lipinski definition) is 5.